The third-order valence-corrected chi connectivity index (χ3v) is 3.01. The van der Waals surface area contributed by atoms with Gasteiger partial charge < -0.3 is 5.73 Å². The molecule has 0 fully saturated rings. The molecular formula is C10H8Cl2N4S. The summed E-state index contributed by atoms with van der Waals surface area (Å²) in [6, 6.07) is 5.30. The van der Waals surface area contributed by atoms with Crippen LogP contribution in [0.5, 0.6) is 0 Å². The Morgan fingerprint density at radius 2 is 2.12 bits per heavy atom. The highest BCUT2D eigenvalue weighted by atomic mass is 35.5. The molecule has 2 rings (SSSR count). The first-order valence-electron chi connectivity index (χ1n) is 4.70. The molecule has 1 aromatic heterocycles. The van der Waals surface area contributed by atoms with Gasteiger partial charge in [0.25, 0.3) is 0 Å². The molecule has 0 atom stereocenters. The zero-order valence-corrected chi connectivity index (χ0v) is 10.9. The van der Waals surface area contributed by atoms with Crippen molar-refractivity contribution >= 4 is 40.4 Å². The van der Waals surface area contributed by atoms with E-state index in [1.54, 1.807) is 23.0 Å². The van der Waals surface area contributed by atoms with Gasteiger partial charge in [0, 0.05) is 5.56 Å². The summed E-state index contributed by atoms with van der Waals surface area (Å²) in [7, 11) is 0. The van der Waals surface area contributed by atoms with Crippen LogP contribution in [0.2, 0.25) is 10.0 Å². The molecule has 0 bridgehead atoms. The van der Waals surface area contributed by atoms with E-state index in [0.717, 1.165) is 11.3 Å². The monoisotopic (exact) mass is 286 g/mol. The standard InChI is InChI=1S/C10H8Cl2N4S/c11-7-2-1-6(3-8(7)12)9-4-14-15-16(9)5-10(13)17/h1-4H,5H2,(H2,13,17). The lowest BCUT2D eigenvalue weighted by Crippen LogP contribution is -2.18. The molecule has 0 saturated carbocycles. The van der Waals surface area contributed by atoms with Gasteiger partial charge in [-0.1, -0.05) is 46.7 Å². The SMILES string of the molecule is NC(=S)Cn1nncc1-c1ccc(Cl)c(Cl)c1. The van der Waals surface area contributed by atoms with Crippen molar-refractivity contribution in [2.24, 2.45) is 5.73 Å². The molecule has 0 aliphatic carbocycles. The van der Waals surface area contributed by atoms with E-state index in [-0.39, 0.29) is 0 Å². The number of nitrogens with two attached hydrogens (primary N) is 1. The molecule has 17 heavy (non-hydrogen) atoms. The zero-order chi connectivity index (χ0) is 12.4. The molecule has 0 aliphatic rings. The number of hydrogen-bond acceptors (Lipinski definition) is 3. The van der Waals surface area contributed by atoms with Gasteiger partial charge in [-0.2, -0.15) is 0 Å². The van der Waals surface area contributed by atoms with Gasteiger partial charge in [0.2, 0.25) is 0 Å². The van der Waals surface area contributed by atoms with E-state index in [0.29, 0.717) is 21.6 Å². The second-order valence-corrected chi connectivity index (χ2v) is 4.71. The average Bonchev–Trinajstić information content (AvgIpc) is 2.69. The fraction of sp³-hybridized carbons (Fsp3) is 0.100. The second-order valence-electron chi connectivity index (χ2n) is 3.37. The van der Waals surface area contributed by atoms with Crippen molar-refractivity contribution in [3.05, 3.63) is 34.4 Å². The van der Waals surface area contributed by atoms with Crippen LogP contribution >= 0.6 is 35.4 Å². The van der Waals surface area contributed by atoms with E-state index in [1.165, 1.54) is 0 Å². The van der Waals surface area contributed by atoms with Gasteiger partial charge in [-0.3, -0.25) is 0 Å². The molecule has 2 aromatic rings. The van der Waals surface area contributed by atoms with E-state index >= 15 is 0 Å². The van der Waals surface area contributed by atoms with Gasteiger partial charge >= 0.3 is 0 Å². The maximum Gasteiger partial charge on any atom is 0.0946 e. The maximum atomic E-state index is 5.96. The van der Waals surface area contributed by atoms with E-state index < -0.39 is 0 Å². The van der Waals surface area contributed by atoms with Crippen molar-refractivity contribution in [2.45, 2.75) is 6.54 Å². The highest BCUT2D eigenvalue weighted by molar-refractivity contribution is 7.80. The normalized spacial score (nSPS) is 10.5. The van der Waals surface area contributed by atoms with Crippen molar-refractivity contribution in [3.63, 3.8) is 0 Å². The molecule has 0 radical (unpaired) electrons. The molecule has 4 nitrogen and oxygen atoms in total. The largest absolute Gasteiger partial charge is 0.392 e. The van der Waals surface area contributed by atoms with Crippen LogP contribution in [0.15, 0.2) is 24.4 Å². The van der Waals surface area contributed by atoms with E-state index in [4.69, 9.17) is 41.2 Å². The van der Waals surface area contributed by atoms with Crippen LogP contribution in [0.4, 0.5) is 0 Å². The van der Waals surface area contributed by atoms with E-state index in [1.807, 2.05) is 6.07 Å². The van der Waals surface area contributed by atoms with Gasteiger partial charge in [-0.05, 0) is 12.1 Å². The molecule has 0 amide bonds. The summed E-state index contributed by atoms with van der Waals surface area (Å²) in [4.78, 5) is 0.344. The summed E-state index contributed by atoms with van der Waals surface area (Å²) in [5, 5.41) is 8.72. The molecule has 2 N–H and O–H groups in total. The molecule has 7 heteroatoms. The molecule has 0 aliphatic heterocycles. The number of rotatable bonds is 3. The topological polar surface area (TPSA) is 56.7 Å². The molecule has 1 aromatic carbocycles. The first-order chi connectivity index (χ1) is 8.08. The van der Waals surface area contributed by atoms with Gasteiger partial charge in [0.1, 0.15) is 0 Å². The number of hydrogen-bond donors (Lipinski definition) is 1. The summed E-state index contributed by atoms with van der Waals surface area (Å²) in [6.07, 6.45) is 1.62. The Kier molecular flexibility index (Phi) is 3.61. The minimum Gasteiger partial charge on any atom is -0.392 e. The van der Waals surface area contributed by atoms with Crippen LogP contribution in [-0.4, -0.2) is 20.0 Å². The van der Waals surface area contributed by atoms with Crippen molar-refractivity contribution in [3.8, 4) is 11.3 Å². The van der Waals surface area contributed by atoms with Gasteiger partial charge in [0.05, 0.1) is 33.5 Å². The van der Waals surface area contributed by atoms with E-state index in [2.05, 4.69) is 10.3 Å². The second kappa shape index (κ2) is 5.00. The molecule has 88 valence electrons. The number of nitrogens with zero attached hydrogens (tertiary/aromatic N) is 3. The van der Waals surface area contributed by atoms with Crippen molar-refractivity contribution in [1.29, 1.82) is 0 Å². The summed E-state index contributed by atoms with van der Waals surface area (Å²) < 4.78 is 1.61. The van der Waals surface area contributed by atoms with Crippen molar-refractivity contribution < 1.29 is 0 Å². The minimum atomic E-state index is 0.338. The van der Waals surface area contributed by atoms with Crippen LogP contribution in [0, 0.1) is 0 Å². The highest BCUT2D eigenvalue weighted by Gasteiger charge is 2.09. The molecular weight excluding hydrogens is 279 g/mol. The Morgan fingerprint density at radius 1 is 1.35 bits per heavy atom. The Bertz CT molecular complexity index is 567. The molecule has 1 heterocycles. The summed E-state index contributed by atoms with van der Waals surface area (Å²) in [6.45, 7) is 0.338. The number of benzene rings is 1. The number of thiocarbonyl (C=S) groups is 1. The Hall–Kier alpha value is -1.17. The third-order valence-electron chi connectivity index (χ3n) is 2.14. The van der Waals surface area contributed by atoms with Crippen LogP contribution < -0.4 is 5.73 Å². The lowest BCUT2D eigenvalue weighted by Gasteiger charge is -2.06. The van der Waals surface area contributed by atoms with Crippen LogP contribution in [0.1, 0.15) is 0 Å². The number of halogens is 2. The predicted molar refractivity (Wildman–Crippen MR) is 72.3 cm³/mol. The quantitative estimate of drug-likeness (QED) is 0.881. The first-order valence-corrected chi connectivity index (χ1v) is 5.86. The fourth-order valence-electron chi connectivity index (χ4n) is 1.40. The van der Waals surface area contributed by atoms with Gasteiger partial charge in [-0.25, -0.2) is 4.68 Å². The predicted octanol–water partition coefficient (Wildman–Crippen LogP) is 2.54. The van der Waals surface area contributed by atoms with Crippen LogP contribution in [0.25, 0.3) is 11.3 Å². The Morgan fingerprint density at radius 3 is 2.76 bits per heavy atom. The zero-order valence-electron chi connectivity index (χ0n) is 8.60. The van der Waals surface area contributed by atoms with Gasteiger partial charge in [0.15, 0.2) is 0 Å². The lowest BCUT2D eigenvalue weighted by atomic mass is 10.2. The highest BCUT2D eigenvalue weighted by Crippen LogP contribution is 2.27. The average molecular weight is 287 g/mol. The van der Waals surface area contributed by atoms with Crippen LogP contribution in [-0.2, 0) is 6.54 Å². The first kappa shape index (κ1) is 12.3. The number of aromatic nitrogens is 3. The molecule has 0 spiro atoms. The Balaban J connectivity index is 2.42. The van der Waals surface area contributed by atoms with Crippen molar-refractivity contribution in [1.82, 2.24) is 15.0 Å². The van der Waals surface area contributed by atoms with Gasteiger partial charge in [-0.15, -0.1) is 5.10 Å². The van der Waals surface area contributed by atoms with Crippen molar-refractivity contribution in [2.75, 3.05) is 0 Å². The van der Waals surface area contributed by atoms with E-state index in [9.17, 15) is 0 Å². The summed E-state index contributed by atoms with van der Waals surface area (Å²) in [5.74, 6) is 0. The fourth-order valence-corrected chi connectivity index (χ4v) is 1.82. The smallest absolute Gasteiger partial charge is 0.0946 e. The molecule has 0 saturated heterocycles. The van der Waals surface area contributed by atoms with Crippen LogP contribution in [0.3, 0.4) is 0 Å². The third kappa shape index (κ3) is 2.74. The maximum absolute atomic E-state index is 5.96. The minimum absolute atomic E-state index is 0.338. The lowest BCUT2D eigenvalue weighted by molar-refractivity contribution is 0.687. The summed E-state index contributed by atoms with van der Waals surface area (Å²) in [5.41, 5.74) is 7.13. The Labute approximate surface area is 113 Å². The molecule has 0 unspecified atom stereocenters. The summed E-state index contributed by atoms with van der Waals surface area (Å²) >= 11 is 16.7.